The maximum Gasteiger partial charge on any atom is 0.280 e. The highest BCUT2D eigenvalue weighted by Crippen LogP contribution is 2.14. The standard InChI is InChI=1S/C6H4F2N2O/c7-6(8)5-1-4(2-11)9-3-10-5/h1-3,6H. The minimum Gasteiger partial charge on any atom is -0.296 e. The van der Waals surface area contributed by atoms with E-state index >= 15 is 0 Å². The molecule has 0 bridgehead atoms. The van der Waals surface area contributed by atoms with Gasteiger partial charge in [-0.25, -0.2) is 18.7 Å². The van der Waals surface area contributed by atoms with Gasteiger partial charge < -0.3 is 0 Å². The predicted molar refractivity (Wildman–Crippen MR) is 32.4 cm³/mol. The second kappa shape index (κ2) is 3.14. The van der Waals surface area contributed by atoms with E-state index in [9.17, 15) is 13.6 Å². The lowest BCUT2D eigenvalue weighted by Gasteiger charge is -1.96. The van der Waals surface area contributed by atoms with E-state index in [1.54, 1.807) is 0 Å². The number of rotatable bonds is 2. The van der Waals surface area contributed by atoms with E-state index < -0.39 is 12.1 Å². The Morgan fingerprint density at radius 2 is 2.18 bits per heavy atom. The van der Waals surface area contributed by atoms with Crippen molar-refractivity contribution >= 4 is 6.29 Å². The normalized spacial score (nSPS) is 10.1. The van der Waals surface area contributed by atoms with Crippen LogP contribution in [-0.4, -0.2) is 16.3 Å². The molecular formula is C6H4F2N2O. The number of carbonyl (C=O) groups is 1. The summed E-state index contributed by atoms with van der Waals surface area (Å²) in [6.45, 7) is 0. The Hall–Kier alpha value is -1.39. The monoisotopic (exact) mass is 158 g/mol. The molecule has 1 aromatic heterocycles. The van der Waals surface area contributed by atoms with Crippen molar-refractivity contribution in [3.8, 4) is 0 Å². The molecule has 0 atom stereocenters. The molecule has 58 valence electrons. The highest BCUT2D eigenvalue weighted by atomic mass is 19.3. The van der Waals surface area contributed by atoms with Crippen molar-refractivity contribution in [2.24, 2.45) is 0 Å². The summed E-state index contributed by atoms with van der Waals surface area (Å²) in [5.41, 5.74) is -0.461. The lowest BCUT2D eigenvalue weighted by Crippen LogP contribution is -1.94. The SMILES string of the molecule is O=Cc1cc(C(F)F)ncn1. The van der Waals surface area contributed by atoms with E-state index in [1.807, 2.05) is 0 Å². The minimum absolute atomic E-state index is 0.0321. The van der Waals surface area contributed by atoms with Gasteiger partial charge >= 0.3 is 0 Å². The summed E-state index contributed by atoms with van der Waals surface area (Å²) in [5.74, 6) is 0. The summed E-state index contributed by atoms with van der Waals surface area (Å²) in [6.07, 6.45) is -1.32. The molecule has 0 unspecified atom stereocenters. The molecule has 11 heavy (non-hydrogen) atoms. The molecule has 1 heterocycles. The van der Waals surface area contributed by atoms with Crippen LogP contribution in [0.2, 0.25) is 0 Å². The summed E-state index contributed by atoms with van der Waals surface area (Å²) in [5, 5.41) is 0. The minimum atomic E-state index is -2.66. The summed E-state index contributed by atoms with van der Waals surface area (Å²) < 4.78 is 23.8. The number of aldehydes is 1. The number of hydrogen-bond donors (Lipinski definition) is 0. The predicted octanol–water partition coefficient (Wildman–Crippen LogP) is 1.23. The average Bonchev–Trinajstić information content (AvgIpc) is 2.05. The quantitative estimate of drug-likeness (QED) is 0.608. The molecule has 0 saturated heterocycles. The third-order valence-electron chi connectivity index (χ3n) is 1.05. The molecule has 0 aliphatic rings. The number of alkyl halides is 2. The molecule has 1 aromatic rings. The van der Waals surface area contributed by atoms with Gasteiger partial charge in [0.1, 0.15) is 17.7 Å². The van der Waals surface area contributed by atoms with Crippen LogP contribution < -0.4 is 0 Å². The fraction of sp³-hybridized carbons (Fsp3) is 0.167. The first-order valence-electron chi connectivity index (χ1n) is 2.79. The van der Waals surface area contributed by atoms with Crippen molar-refractivity contribution in [2.75, 3.05) is 0 Å². The molecule has 5 heteroatoms. The Labute approximate surface area is 61.1 Å². The fourth-order valence-electron chi connectivity index (χ4n) is 0.572. The highest BCUT2D eigenvalue weighted by molar-refractivity contribution is 5.71. The van der Waals surface area contributed by atoms with Crippen LogP contribution in [0, 0.1) is 0 Å². The fourth-order valence-corrected chi connectivity index (χ4v) is 0.572. The third-order valence-corrected chi connectivity index (χ3v) is 1.05. The average molecular weight is 158 g/mol. The van der Waals surface area contributed by atoms with Crippen LogP contribution in [0.25, 0.3) is 0 Å². The highest BCUT2D eigenvalue weighted by Gasteiger charge is 2.08. The van der Waals surface area contributed by atoms with Crippen molar-refractivity contribution in [3.05, 3.63) is 23.8 Å². The Morgan fingerprint density at radius 1 is 1.45 bits per heavy atom. The molecule has 1 rings (SSSR count). The van der Waals surface area contributed by atoms with Gasteiger partial charge in [0.05, 0.1) is 0 Å². The summed E-state index contributed by atoms with van der Waals surface area (Å²) >= 11 is 0. The van der Waals surface area contributed by atoms with Gasteiger partial charge in [-0.05, 0) is 6.07 Å². The molecule has 0 aliphatic carbocycles. The first-order chi connectivity index (χ1) is 5.24. The number of aromatic nitrogens is 2. The molecular weight excluding hydrogens is 154 g/mol. The molecule has 0 fully saturated rings. The third kappa shape index (κ3) is 1.76. The first-order valence-corrected chi connectivity index (χ1v) is 2.79. The largest absolute Gasteiger partial charge is 0.296 e. The smallest absolute Gasteiger partial charge is 0.280 e. The number of halogens is 2. The van der Waals surface area contributed by atoms with Crippen LogP contribution in [-0.2, 0) is 0 Å². The first kappa shape index (κ1) is 7.71. The zero-order chi connectivity index (χ0) is 8.27. The van der Waals surface area contributed by atoms with E-state index in [2.05, 4.69) is 9.97 Å². The topological polar surface area (TPSA) is 42.9 Å². The van der Waals surface area contributed by atoms with Crippen LogP contribution in [0.3, 0.4) is 0 Å². The molecule has 3 nitrogen and oxygen atoms in total. The maximum atomic E-state index is 11.9. The van der Waals surface area contributed by atoms with Crippen LogP contribution in [0.5, 0.6) is 0 Å². The van der Waals surface area contributed by atoms with E-state index in [1.165, 1.54) is 0 Å². The second-order valence-electron chi connectivity index (χ2n) is 1.79. The molecule has 0 saturated carbocycles. The van der Waals surface area contributed by atoms with Crippen molar-refractivity contribution in [3.63, 3.8) is 0 Å². The van der Waals surface area contributed by atoms with Crippen molar-refractivity contribution < 1.29 is 13.6 Å². The van der Waals surface area contributed by atoms with Crippen LogP contribution in [0.1, 0.15) is 22.6 Å². The van der Waals surface area contributed by atoms with Gasteiger partial charge in [-0.3, -0.25) is 4.79 Å². The lowest BCUT2D eigenvalue weighted by molar-refractivity contribution is 0.111. The van der Waals surface area contributed by atoms with Crippen molar-refractivity contribution in [1.82, 2.24) is 9.97 Å². The van der Waals surface area contributed by atoms with Gasteiger partial charge in [0.15, 0.2) is 6.29 Å². The van der Waals surface area contributed by atoms with Gasteiger partial charge in [0.2, 0.25) is 0 Å². The van der Waals surface area contributed by atoms with E-state index in [-0.39, 0.29) is 5.69 Å². The van der Waals surface area contributed by atoms with Gasteiger partial charge in [0, 0.05) is 0 Å². The Kier molecular flexibility index (Phi) is 2.20. The van der Waals surface area contributed by atoms with Crippen molar-refractivity contribution in [2.45, 2.75) is 6.43 Å². The maximum absolute atomic E-state index is 11.9. The number of carbonyl (C=O) groups excluding carboxylic acids is 1. The van der Waals surface area contributed by atoms with E-state index in [0.29, 0.717) is 6.29 Å². The van der Waals surface area contributed by atoms with Crippen LogP contribution >= 0.6 is 0 Å². The van der Waals surface area contributed by atoms with Crippen LogP contribution in [0.4, 0.5) is 8.78 Å². The van der Waals surface area contributed by atoms with Gasteiger partial charge in [-0.1, -0.05) is 0 Å². The lowest BCUT2D eigenvalue weighted by atomic mass is 10.3. The van der Waals surface area contributed by atoms with Gasteiger partial charge in [0.25, 0.3) is 6.43 Å². The van der Waals surface area contributed by atoms with E-state index in [4.69, 9.17) is 0 Å². The number of hydrogen-bond acceptors (Lipinski definition) is 3. The zero-order valence-corrected chi connectivity index (χ0v) is 5.37. The zero-order valence-electron chi connectivity index (χ0n) is 5.37. The molecule has 0 amide bonds. The Morgan fingerprint density at radius 3 is 2.73 bits per heavy atom. The van der Waals surface area contributed by atoms with Gasteiger partial charge in [-0.2, -0.15) is 0 Å². The van der Waals surface area contributed by atoms with Crippen LogP contribution in [0.15, 0.2) is 12.4 Å². The second-order valence-corrected chi connectivity index (χ2v) is 1.79. The molecule has 0 spiro atoms. The summed E-state index contributed by atoms with van der Waals surface area (Å²) in [7, 11) is 0. The van der Waals surface area contributed by atoms with Gasteiger partial charge in [-0.15, -0.1) is 0 Å². The Balaban J connectivity index is 3.00. The summed E-state index contributed by atoms with van der Waals surface area (Å²) in [4.78, 5) is 16.7. The Bertz CT molecular complexity index is 265. The molecule has 0 radical (unpaired) electrons. The van der Waals surface area contributed by atoms with E-state index in [0.717, 1.165) is 12.4 Å². The number of nitrogens with zero attached hydrogens (tertiary/aromatic N) is 2. The molecule has 0 aromatic carbocycles. The molecule has 0 aliphatic heterocycles. The van der Waals surface area contributed by atoms with Crippen molar-refractivity contribution in [1.29, 1.82) is 0 Å². The molecule has 0 N–H and O–H groups in total. The summed E-state index contributed by atoms with van der Waals surface area (Å²) in [6, 6.07) is 0.956.